The van der Waals surface area contributed by atoms with Gasteiger partial charge in [0, 0.05) is 26.0 Å². The molecule has 0 bridgehead atoms. The van der Waals surface area contributed by atoms with Gasteiger partial charge >= 0.3 is 0 Å². The van der Waals surface area contributed by atoms with Crippen LogP contribution < -0.4 is 9.46 Å². The van der Waals surface area contributed by atoms with Crippen molar-refractivity contribution < 1.29 is 8.42 Å². The van der Waals surface area contributed by atoms with Crippen molar-refractivity contribution in [2.45, 2.75) is 11.3 Å². The molecule has 2 aromatic heterocycles. The summed E-state index contributed by atoms with van der Waals surface area (Å²) in [6, 6.07) is 8.25. The van der Waals surface area contributed by atoms with Gasteiger partial charge in [-0.05, 0) is 53.8 Å². The van der Waals surface area contributed by atoms with E-state index in [1.54, 1.807) is 29.5 Å². The van der Waals surface area contributed by atoms with Crippen LogP contribution in [0.1, 0.15) is 5.56 Å². The number of sulfonamides is 1. The van der Waals surface area contributed by atoms with Crippen LogP contribution in [-0.2, 0) is 23.5 Å². The van der Waals surface area contributed by atoms with Crippen molar-refractivity contribution in [3.05, 3.63) is 57.8 Å². The van der Waals surface area contributed by atoms with Crippen molar-refractivity contribution in [2.75, 3.05) is 6.54 Å². The molecule has 0 spiro atoms. The third-order valence-corrected chi connectivity index (χ3v) is 5.83. The first-order valence-corrected chi connectivity index (χ1v) is 9.22. The minimum atomic E-state index is -3.61. The number of hydrogen-bond donors (Lipinski definition) is 1. The summed E-state index contributed by atoms with van der Waals surface area (Å²) in [5.41, 5.74) is 1.63. The molecule has 0 radical (unpaired) electrons. The molecule has 0 unspecified atom stereocenters. The van der Waals surface area contributed by atoms with Crippen LogP contribution in [0.3, 0.4) is 0 Å². The quantitative estimate of drug-likeness (QED) is 0.757. The van der Waals surface area contributed by atoms with E-state index in [1.165, 1.54) is 12.1 Å². The lowest BCUT2D eigenvalue weighted by Crippen LogP contribution is -2.26. The highest BCUT2D eigenvalue weighted by Crippen LogP contribution is 2.18. The Morgan fingerprint density at radius 1 is 1.22 bits per heavy atom. The van der Waals surface area contributed by atoms with Crippen molar-refractivity contribution in [1.82, 2.24) is 13.7 Å². The SMILES string of the molecule is Cn1sc(=O)c2ccc(S(=O)(=O)NCCc3ccncc3)cc21. The number of pyridine rings is 1. The number of hydrogen-bond acceptors (Lipinski definition) is 5. The zero-order valence-electron chi connectivity index (χ0n) is 12.4. The van der Waals surface area contributed by atoms with E-state index in [-0.39, 0.29) is 9.64 Å². The Morgan fingerprint density at radius 3 is 2.70 bits per heavy atom. The van der Waals surface area contributed by atoms with Gasteiger partial charge in [0.05, 0.1) is 15.8 Å². The van der Waals surface area contributed by atoms with Gasteiger partial charge in [0.15, 0.2) is 0 Å². The van der Waals surface area contributed by atoms with Crippen molar-refractivity contribution in [2.24, 2.45) is 7.05 Å². The maximum absolute atomic E-state index is 12.4. The van der Waals surface area contributed by atoms with Gasteiger partial charge in [-0.1, -0.05) is 0 Å². The summed E-state index contributed by atoms with van der Waals surface area (Å²) in [6.07, 6.45) is 3.94. The summed E-state index contributed by atoms with van der Waals surface area (Å²) in [6.45, 7) is 0.299. The average Bonchev–Trinajstić information content (AvgIpc) is 2.82. The van der Waals surface area contributed by atoms with Gasteiger partial charge in [-0.3, -0.25) is 13.7 Å². The molecule has 3 aromatic rings. The fourth-order valence-electron chi connectivity index (χ4n) is 2.30. The van der Waals surface area contributed by atoms with Gasteiger partial charge < -0.3 is 0 Å². The largest absolute Gasteiger partial charge is 0.297 e. The highest BCUT2D eigenvalue weighted by Gasteiger charge is 2.16. The smallest absolute Gasteiger partial charge is 0.257 e. The van der Waals surface area contributed by atoms with Gasteiger partial charge in [0.2, 0.25) is 10.0 Å². The van der Waals surface area contributed by atoms with Gasteiger partial charge in [-0.2, -0.15) is 0 Å². The second kappa shape index (κ2) is 6.23. The molecule has 0 amide bonds. The van der Waals surface area contributed by atoms with Crippen LogP contribution >= 0.6 is 11.5 Å². The molecule has 0 aliphatic carbocycles. The second-order valence-electron chi connectivity index (χ2n) is 5.06. The van der Waals surface area contributed by atoms with Crippen molar-refractivity contribution >= 4 is 32.5 Å². The van der Waals surface area contributed by atoms with E-state index < -0.39 is 10.0 Å². The Bertz CT molecular complexity index is 992. The van der Waals surface area contributed by atoms with Crippen LogP contribution in [0.5, 0.6) is 0 Å². The van der Waals surface area contributed by atoms with E-state index in [1.807, 2.05) is 12.1 Å². The molecule has 0 fully saturated rings. The zero-order chi connectivity index (χ0) is 16.4. The Morgan fingerprint density at radius 2 is 1.96 bits per heavy atom. The molecule has 1 N–H and O–H groups in total. The third-order valence-electron chi connectivity index (χ3n) is 3.51. The summed E-state index contributed by atoms with van der Waals surface area (Å²) >= 11 is 1.06. The van der Waals surface area contributed by atoms with Crippen molar-refractivity contribution in [1.29, 1.82) is 0 Å². The molecule has 0 aliphatic heterocycles. The summed E-state index contributed by atoms with van der Waals surface area (Å²) in [7, 11) is -1.87. The standard InChI is InChI=1S/C15H15N3O3S2/c1-18-14-10-12(2-3-13(14)15(19)22-18)23(20,21)17-9-6-11-4-7-16-8-5-11/h2-5,7-8,10,17H,6,9H2,1H3. The summed E-state index contributed by atoms with van der Waals surface area (Å²) in [5.74, 6) is 0. The number of rotatable bonds is 5. The van der Waals surface area contributed by atoms with Gasteiger partial charge in [-0.25, -0.2) is 13.1 Å². The zero-order valence-corrected chi connectivity index (χ0v) is 14.0. The van der Waals surface area contributed by atoms with Crippen LogP contribution in [0.2, 0.25) is 0 Å². The fourth-order valence-corrected chi connectivity index (χ4v) is 4.12. The highest BCUT2D eigenvalue weighted by atomic mass is 32.2. The van der Waals surface area contributed by atoms with Crippen molar-refractivity contribution in [3.63, 3.8) is 0 Å². The molecule has 0 atom stereocenters. The van der Waals surface area contributed by atoms with Crippen LogP contribution in [0.4, 0.5) is 0 Å². The Labute approximate surface area is 137 Å². The summed E-state index contributed by atoms with van der Waals surface area (Å²) in [4.78, 5) is 15.8. The predicted molar refractivity (Wildman–Crippen MR) is 90.2 cm³/mol. The van der Waals surface area contributed by atoms with Crippen LogP contribution in [-0.4, -0.2) is 23.9 Å². The number of aromatic nitrogens is 2. The van der Waals surface area contributed by atoms with Crippen molar-refractivity contribution in [3.8, 4) is 0 Å². The number of fused-ring (bicyclic) bond motifs is 1. The first-order chi connectivity index (χ1) is 11.0. The topological polar surface area (TPSA) is 81.1 Å². The normalized spacial score (nSPS) is 11.9. The van der Waals surface area contributed by atoms with Crippen LogP contribution in [0.25, 0.3) is 10.9 Å². The molecule has 23 heavy (non-hydrogen) atoms. The average molecular weight is 349 g/mol. The lowest BCUT2D eigenvalue weighted by Gasteiger charge is -2.07. The van der Waals surface area contributed by atoms with Gasteiger partial charge in [0.25, 0.3) is 4.74 Å². The maximum Gasteiger partial charge on any atom is 0.257 e. The lowest BCUT2D eigenvalue weighted by molar-refractivity contribution is 0.581. The number of nitrogens with zero attached hydrogens (tertiary/aromatic N) is 2. The van der Waals surface area contributed by atoms with Gasteiger partial charge in [-0.15, -0.1) is 0 Å². The summed E-state index contributed by atoms with van der Waals surface area (Å²) in [5, 5.41) is 0.535. The molecular weight excluding hydrogens is 334 g/mol. The molecule has 0 aliphatic rings. The first kappa shape index (κ1) is 15.9. The highest BCUT2D eigenvalue weighted by molar-refractivity contribution is 7.89. The molecule has 3 rings (SSSR count). The number of benzene rings is 1. The Kier molecular flexibility index (Phi) is 4.29. The number of nitrogens with one attached hydrogen (secondary N) is 1. The van der Waals surface area contributed by atoms with Gasteiger partial charge in [0.1, 0.15) is 0 Å². The van der Waals surface area contributed by atoms with E-state index in [0.717, 1.165) is 17.1 Å². The van der Waals surface area contributed by atoms with E-state index in [9.17, 15) is 13.2 Å². The van der Waals surface area contributed by atoms with E-state index in [2.05, 4.69) is 9.71 Å². The predicted octanol–water partition coefficient (Wildman–Crippen LogP) is 1.52. The first-order valence-electron chi connectivity index (χ1n) is 6.96. The minimum Gasteiger partial charge on any atom is -0.297 e. The Hall–Kier alpha value is -2.03. The van der Waals surface area contributed by atoms with Crippen LogP contribution in [0.15, 0.2) is 52.4 Å². The van der Waals surface area contributed by atoms with E-state index >= 15 is 0 Å². The van der Waals surface area contributed by atoms with Crippen LogP contribution in [0, 0.1) is 0 Å². The van der Waals surface area contributed by atoms with E-state index in [0.29, 0.717) is 23.9 Å². The monoisotopic (exact) mass is 349 g/mol. The molecule has 1 aromatic carbocycles. The molecule has 120 valence electrons. The minimum absolute atomic E-state index is 0.0721. The second-order valence-corrected chi connectivity index (χ2v) is 7.93. The van der Waals surface area contributed by atoms with E-state index in [4.69, 9.17) is 0 Å². The molecular formula is C15H15N3O3S2. The molecule has 6 nitrogen and oxygen atoms in total. The molecule has 0 saturated heterocycles. The molecule has 8 heteroatoms. The maximum atomic E-state index is 12.4. The fraction of sp³-hybridized carbons (Fsp3) is 0.200. The lowest BCUT2D eigenvalue weighted by atomic mass is 10.2. The Balaban J connectivity index is 1.79. The number of aryl methyl sites for hydroxylation is 1. The summed E-state index contributed by atoms with van der Waals surface area (Å²) < 4.78 is 28.9. The third kappa shape index (κ3) is 3.34. The molecule has 0 saturated carbocycles. The molecule has 2 heterocycles.